The van der Waals surface area contributed by atoms with Crippen molar-refractivity contribution in [2.45, 2.75) is 39.7 Å². The molecule has 0 saturated carbocycles. The molecule has 1 heterocycles. The van der Waals surface area contributed by atoms with Crippen LogP contribution in [0.1, 0.15) is 50.9 Å². The molecule has 4 nitrogen and oxygen atoms in total. The van der Waals surface area contributed by atoms with Gasteiger partial charge >= 0.3 is 0 Å². The lowest BCUT2D eigenvalue weighted by Crippen LogP contribution is -2.31. The fourth-order valence-corrected chi connectivity index (χ4v) is 1.70. The van der Waals surface area contributed by atoms with E-state index in [1.807, 2.05) is 19.9 Å². The minimum absolute atomic E-state index is 0.0718. The zero-order valence-corrected chi connectivity index (χ0v) is 10.5. The molecule has 4 heteroatoms. The SMILES string of the molecule is CC(=O)C(C)n1c(C(C)C)ccc(C#N)c1=O. The van der Waals surface area contributed by atoms with Crippen molar-refractivity contribution in [1.82, 2.24) is 4.57 Å². The summed E-state index contributed by atoms with van der Waals surface area (Å²) >= 11 is 0. The molecular formula is C13H16N2O2. The Hall–Kier alpha value is -1.89. The highest BCUT2D eigenvalue weighted by Crippen LogP contribution is 2.17. The summed E-state index contributed by atoms with van der Waals surface area (Å²) in [6.07, 6.45) is 0. The molecule has 1 aromatic heterocycles. The van der Waals surface area contributed by atoms with Crippen LogP contribution >= 0.6 is 0 Å². The molecule has 1 aromatic rings. The number of nitrogens with zero attached hydrogens (tertiary/aromatic N) is 2. The summed E-state index contributed by atoms with van der Waals surface area (Å²) in [7, 11) is 0. The van der Waals surface area contributed by atoms with Crippen molar-refractivity contribution in [3.8, 4) is 6.07 Å². The normalized spacial score (nSPS) is 12.2. The molecule has 1 unspecified atom stereocenters. The predicted octanol–water partition coefficient (Wildman–Crippen LogP) is 1.99. The fraction of sp³-hybridized carbons (Fsp3) is 0.462. The molecule has 0 radical (unpaired) electrons. The van der Waals surface area contributed by atoms with Gasteiger partial charge in [0.2, 0.25) is 0 Å². The number of rotatable bonds is 3. The van der Waals surface area contributed by atoms with E-state index in [1.165, 1.54) is 17.6 Å². The van der Waals surface area contributed by atoms with Crippen molar-refractivity contribution in [2.24, 2.45) is 0 Å². The first-order chi connectivity index (χ1) is 7.90. The highest BCUT2D eigenvalue weighted by Gasteiger charge is 2.18. The van der Waals surface area contributed by atoms with Crippen molar-refractivity contribution in [1.29, 1.82) is 5.26 Å². The summed E-state index contributed by atoms with van der Waals surface area (Å²) in [5.41, 5.74) is 0.459. The van der Waals surface area contributed by atoms with E-state index in [2.05, 4.69) is 0 Å². The van der Waals surface area contributed by atoms with E-state index in [1.54, 1.807) is 13.0 Å². The molecule has 0 saturated heterocycles. The maximum atomic E-state index is 12.1. The summed E-state index contributed by atoms with van der Waals surface area (Å²) < 4.78 is 1.42. The minimum atomic E-state index is -0.534. The Morgan fingerprint density at radius 3 is 2.35 bits per heavy atom. The number of hydrogen-bond acceptors (Lipinski definition) is 3. The number of Topliss-reactive ketones (excluding diaryl/α,β-unsaturated/α-hetero) is 1. The third-order valence-electron chi connectivity index (χ3n) is 2.84. The Labute approximate surface area is 100 Å². The van der Waals surface area contributed by atoms with E-state index in [9.17, 15) is 9.59 Å². The van der Waals surface area contributed by atoms with Gasteiger partial charge in [-0.25, -0.2) is 0 Å². The third kappa shape index (κ3) is 2.44. The zero-order chi connectivity index (χ0) is 13.2. The second-order valence-corrected chi connectivity index (χ2v) is 4.40. The first kappa shape index (κ1) is 13.2. The molecule has 1 atom stereocenters. The van der Waals surface area contributed by atoms with Gasteiger partial charge < -0.3 is 4.57 Å². The van der Waals surface area contributed by atoms with Gasteiger partial charge in [0.15, 0.2) is 5.78 Å². The van der Waals surface area contributed by atoms with E-state index >= 15 is 0 Å². The quantitative estimate of drug-likeness (QED) is 0.800. The molecule has 0 aliphatic rings. The molecule has 0 spiro atoms. The second kappa shape index (κ2) is 4.96. The summed E-state index contributed by atoms with van der Waals surface area (Å²) in [6, 6.07) is 4.57. The van der Waals surface area contributed by atoms with E-state index in [-0.39, 0.29) is 22.8 Å². The van der Waals surface area contributed by atoms with E-state index in [0.717, 1.165) is 5.69 Å². The number of hydrogen-bond donors (Lipinski definition) is 0. The second-order valence-electron chi connectivity index (χ2n) is 4.40. The molecule has 0 bridgehead atoms. The molecular weight excluding hydrogens is 216 g/mol. The van der Waals surface area contributed by atoms with Gasteiger partial charge in [-0.1, -0.05) is 13.8 Å². The number of ketones is 1. The van der Waals surface area contributed by atoms with E-state index in [4.69, 9.17) is 5.26 Å². The summed E-state index contributed by atoms with van der Waals surface area (Å²) in [5, 5.41) is 8.84. The smallest absolute Gasteiger partial charge is 0.269 e. The average molecular weight is 232 g/mol. The summed E-state index contributed by atoms with van der Waals surface area (Å²) in [4.78, 5) is 23.5. The van der Waals surface area contributed by atoms with Gasteiger partial charge in [-0.3, -0.25) is 9.59 Å². The number of pyridine rings is 1. The van der Waals surface area contributed by atoms with Crippen LogP contribution in [-0.4, -0.2) is 10.4 Å². The Morgan fingerprint density at radius 2 is 1.94 bits per heavy atom. The first-order valence-corrected chi connectivity index (χ1v) is 5.56. The van der Waals surface area contributed by atoms with Crippen LogP contribution in [0, 0.1) is 11.3 Å². The Kier molecular flexibility index (Phi) is 3.84. The first-order valence-electron chi connectivity index (χ1n) is 5.56. The van der Waals surface area contributed by atoms with Crippen LogP contribution in [0.25, 0.3) is 0 Å². The summed E-state index contributed by atoms with van der Waals surface area (Å²) in [6.45, 7) is 7.02. The van der Waals surface area contributed by atoms with Crippen molar-refractivity contribution in [3.63, 3.8) is 0 Å². The monoisotopic (exact) mass is 232 g/mol. The van der Waals surface area contributed by atoms with Crippen LogP contribution < -0.4 is 5.56 Å². The Bertz CT molecular complexity index is 535. The molecule has 0 aliphatic heterocycles. The molecule has 1 rings (SSSR count). The standard InChI is InChI=1S/C13H16N2O2/c1-8(2)12-6-5-11(7-14)13(17)15(12)9(3)10(4)16/h5-6,8-9H,1-4H3. The van der Waals surface area contributed by atoms with Crippen LogP contribution in [0.4, 0.5) is 0 Å². The van der Waals surface area contributed by atoms with Gasteiger partial charge in [-0.15, -0.1) is 0 Å². The van der Waals surface area contributed by atoms with Crippen molar-refractivity contribution in [3.05, 3.63) is 33.7 Å². The number of carbonyl (C=O) groups excluding carboxylic acids is 1. The van der Waals surface area contributed by atoms with Gasteiger partial charge in [0, 0.05) is 5.69 Å². The number of nitriles is 1. The molecule has 0 fully saturated rings. The fourth-order valence-electron chi connectivity index (χ4n) is 1.70. The highest BCUT2D eigenvalue weighted by molar-refractivity contribution is 5.79. The third-order valence-corrected chi connectivity index (χ3v) is 2.84. The molecule has 90 valence electrons. The van der Waals surface area contributed by atoms with Crippen LogP contribution in [0.3, 0.4) is 0 Å². The van der Waals surface area contributed by atoms with E-state index < -0.39 is 6.04 Å². The topological polar surface area (TPSA) is 62.9 Å². The maximum Gasteiger partial charge on any atom is 0.269 e. The van der Waals surface area contributed by atoms with Gasteiger partial charge in [-0.05, 0) is 31.9 Å². The molecule has 0 N–H and O–H groups in total. The maximum absolute atomic E-state index is 12.1. The van der Waals surface area contributed by atoms with Gasteiger partial charge in [0.1, 0.15) is 11.6 Å². The molecule has 17 heavy (non-hydrogen) atoms. The molecule has 0 aromatic carbocycles. The molecule has 0 amide bonds. The minimum Gasteiger partial charge on any atom is -0.301 e. The lowest BCUT2D eigenvalue weighted by atomic mass is 10.1. The van der Waals surface area contributed by atoms with Crippen LogP contribution in [-0.2, 0) is 4.79 Å². The molecule has 0 aliphatic carbocycles. The van der Waals surface area contributed by atoms with Gasteiger partial charge in [0.05, 0.1) is 6.04 Å². The van der Waals surface area contributed by atoms with Crippen molar-refractivity contribution in [2.75, 3.05) is 0 Å². The Balaban J connectivity index is 3.58. The Morgan fingerprint density at radius 1 is 1.35 bits per heavy atom. The summed E-state index contributed by atoms with van der Waals surface area (Å²) in [5.74, 6) is 0.0290. The van der Waals surface area contributed by atoms with Crippen molar-refractivity contribution >= 4 is 5.78 Å². The largest absolute Gasteiger partial charge is 0.301 e. The predicted molar refractivity (Wildman–Crippen MR) is 64.9 cm³/mol. The number of aromatic nitrogens is 1. The zero-order valence-electron chi connectivity index (χ0n) is 10.5. The van der Waals surface area contributed by atoms with E-state index in [0.29, 0.717) is 0 Å². The van der Waals surface area contributed by atoms with Crippen LogP contribution in [0.5, 0.6) is 0 Å². The number of carbonyl (C=O) groups is 1. The van der Waals surface area contributed by atoms with Gasteiger partial charge in [0.25, 0.3) is 5.56 Å². The lowest BCUT2D eigenvalue weighted by Gasteiger charge is -2.20. The van der Waals surface area contributed by atoms with Gasteiger partial charge in [-0.2, -0.15) is 5.26 Å². The highest BCUT2D eigenvalue weighted by atomic mass is 16.1. The van der Waals surface area contributed by atoms with Crippen LogP contribution in [0.2, 0.25) is 0 Å². The van der Waals surface area contributed by atoms with Crippen molar-refractivity contribution < 1.29 is 4.79 Å². The average Bonchev–Trinajstić information content (AvgIpc) is 2.27. The lowest BCUT2D eigenvalue weighted by molar-refractivity contribution is -0.119. The van der Waals surface area contributed by atoms with Crippen LogP contribution in [0.15, 0.2) is 16.9 Å².